The molecule has 14 heavy (non-hydrogen) atoms. The van der Waals surface area contributed by atoms with Crippen molar-refractivity contribution in [1.29, 1.82) is 0 Å². The summed E-state index contributed by atoms with van der Waals surface area (Å²) < 4.78 is 4.58. The molecule has 0 saturated carbocycles. The largest absolute Gasteiger partial charge is 0.460 e. The van der Waals surface area contributed by atoms with E-state index in [1.807, 2.05) is 0 Å². The maximum atomic E-state index is 10.6. The van der Waals surface area contributed by atoms with Crippen LogP contribution in [0.25, 0.3) is 0 Å². The molecule has 0 fully saturated rings. The van der Waals surface area contributed by atoms with Gasteiger partial charge >= 0.3 is 5.97 Å². The predicted molar refractivity (Wildman–Crippen MR) is 46.1 cm³/mol. The van der Waals surface area contributed by atoms with Crippen molar-refractivity contribution in [2.45, 2.75) is 6.04 Å². The minimum absolute atomic E-state index is 0.0663. The van der Waals surface area contributed by atoms with Crippen molar-refractivity contribution < 1.29 is 19.1 Å². The molecule has 0 saturated heterocycles. The molecule has 0 bridgehead atoms. The first kappa shape index (κ1) is 12.0. The summed E-state index contributed by atoms with van der Waals surface area (Å²) in [7, 11) is 0. The highest BCUT2D eigenvalue weighted by molar-refractivity contribution is 5.81. The van der Waals surface area contributed by atoms with Gasteiger partial charge in [0.15, 0.2) is 0 Å². The molecule has 0 N–H and O–H groups in total. The Bertz CT molecular complexity index is 300. The molecule has 0 aliphatic heterocycles. The molecule has 0 aliphatic carbocycles. The highest BCUT2D eigenvalue weighted by Crippen LogP contribution is 1.93. The number of nitrogens with zero attached hydrogens (tertiary/aromatic N) is 2. The van der Waals surface area contributed by atoms with Crippen LogP contribution < -0.4 is 0 Å². The first-order chi connectivity index (χ1) is 6.74. The Balaban J connectivity index is 4.08. The van der Waals surface area contributed by atoms with Crippen LogP contribution in [-0.2, 0) is 19.1 Å². The number of isocyanates is 2. The molecule has 0 aromatic heterocycles. The monoisotopic (exact) mass is 196 g/mol. The van der Waals surface area contributed by atoms with E-state index >= 15 is 0 Å². The SMILES string of the molecule is C=CC(=O)OCC(CN=C=O)N=C=O. The van der Waals surface area contributed by atoms with Crippen LogP contribution >= 0.6 is 0 Å². The van der Waals surface area contributed by atoms with Gasteiger partial charge in [-0.15, -0.1) is 0 Å². The number of aliphatic imine (C=N–C) groups is 2. The average molecular weight is 196 g/mol. The van der Waals surface area contributed by atoms with Gasteiger partial charge in [0.05, 0.1) is 6.54 Å². The molecule has 0 aromatic carbocycles. The van der Waals surface area contributed by atoms with Crippen LogP contribution in [0.1, 0.15) is 0 Å². The number of esters is 1. The van der Waals surface area contributed by atoms with Crippen molar-refractivity contribution >= 4 is 18.1 Å². The van der Waals surface area contributed by atoms with E-state index in [2.05, 4.69) is 21.3 Å². The highest BCUT2D eigenvalue weighted by Gasteiger charge is 2.08. The van der Waals surface area contributed by atoms with Crippen molar-refractivity contribution in [3.05, 3.63) is 12.7 Å². The van der Waals surface area contributed by atoms with Gasteiger partial charge in [-0.1, -0.05) is 6.58 Å². The van der Waals surface area contributed by atoms with Crippen molar-refractivity contribution in [2.75, 3.05) is 13.2 Å². The van der Waals surface area contributed by atoms with Crippen LogP contribution in [-0.4, -0.2) is 37.3 Å². The van der Waals surface area contributed by atoms with Gasteiger partial charge in [0.2, 0.25) is 12.2 Å². The van der Waals surface area contributed by atoms with E-state index in [1.54, 1.807) is 0 Å². The topological polar surface area (TPSA) is 85.2 Å². The lowest BCUT2D eigenvalue weighted by Gasteiger charge is -2.05. The zero-order valence-corrected chi connectivity index (χ0v) is 7.30. The molecule has 1 unspecified atom stereocenters. The van der Waals surface area contributed by atoms with Gasteiger partial charge in [0.1, 0.15) is 12.6 Å². The summed E-state index contributed by atoms with van der Waals surface area (Å²) in [4.78, 5) is 36.7. The lowest BCUT2D eigenvalue weighted by molar-refractivity contribution is -0.138. The summed E-state index contributed by atoms with van der Waals surface area (Å²) in [6.45, 7) is 2.96. The first-order valence-electron chi connectivity index (χ1n) is 3.64. The molecule has 74 valence electrons. The number of carbonyl (C=O) groups excluding carboxylic acids is 3. The zero-order chi connectivity index (χ0) is 10.8. The Morgan fingerprint density at radius 1 is 1.50 bits per heavy atom. The molecule has 0 rings (SSSR count). The molecule has 0 aromatic rings. The van der Waals surface area contributed by atoms with Crippen molar-refractivity contribution in [3.63, 3.8) is 0 Å². The fourth-order valence-electron chi connectivity index (χ4n) is 0.585. The Morgan fingerprint density at radius 3 is 2.71 bits per heavy atom. The van der Waals surface area contributed by atoms with Gasteiger partial charge in [-0.05, 0) is 0 Å². The summed E-state index contributed by atoms with van der Waals surface area (Å²) >= 11 is 0. The smallest absolute Gasteiger partial charge is 0.330 e. The number of ether oxygens (including phenoxy) is 1. The van der Waals surface area contributed by atoms with E-state index in [9.17, 15) is 14.4 Å². The van der Waals surface area contributed by atoms with E-state index in [4.69, 9.17) is 0 Å². The van der Waals surface area contributed by atoms with Crippen molar-refractivity contribution in [3.8, 4) is 0 Å². The Hall–Kier alpha value is -2.03. The number of rotatable bonds is 6. The van der Waals surface area contributed by atoms with Gasteiger partial charge in [0, 0.05) is 6.08 Å². The fraction of sp³-hybridized carbons (Fsp3) is 0.375. The van der Waals surface area contributed by atoms with E-state index in [0.717, 1.165) is 6.08 Å². The summed E-state index contributed by atoms with van der Waals surface area (Å²) in [5.74, 6) is -0.633. The minimum atomic E-state index is -0.696. The standard InChI is InChI=1S/C8H8N2O4/c1-2-8(13)14-4-7(10-6-12)3-9-5-11/h2,7H,1,3-4H2. The molecular formula is C8H8N2O4. The van der Waals surface area contributed by atoms with E-state index in [0.29, 0.717) is 0 Å². The van der Waals surface area contributed by atoms with Crippen LogP contribution in [0, 0.1) is 0 Å². The molecule has 0 heterocycles. The highest BCUT2D eigenvalue weighted by atomic mass is 16.5. The Labute approximate surface area is 80.0 Å². The van der Waals surface area contributed by atoms with Gasteiger partial charge in [-0.25, -0.2) is 19.4 Å². The Morgan fingerprint density at radius 2 is 2.21 bits per heavy atom. The van der Waals surface area contributed by atoms with Gasteiger partial charge in [-0.3, -0.25) is 0 Å². The molecule has 6 nitrogen and oxygen atoms in total. The Kier molecular flexibility index (Phi) is 6.51. The third kappa shape index (κ3) is 5.60. The summed E-state index contributed by atoms with van der Waals surface area (Å²) in [6, 6.07) is -0.696. The quantitative estimate of drug-likeness (QED) is 0.254. The van der Waals surface area contributed by atoms with E-state index in [-0.39, 0.29) is 13.2 Å². The third-order valence-corrected chi connectivity index (χ3v) is 1.19. The molecule has 0 spiro atoms. The number of hydrogen-bond donors (Lipinski definition) is 0. The second-order valence-electron chi connectivity index (χ2n) is 2.14. The molecule has 1 atom stereocenters. The second-order valence-corrected chi connectivity index (χ2v) is 2.14. The zero-order valence-electron chi connectivity index (χ0n) is 7.30. The van der Waals surface area contributed by atoms with Crippen molar-refractivity contribution in [2.24, 2.45) is 9.98 Å². The molecular weight excluding hydrogens is 188 g/mol. The van der Waals surface area contributed by atoms with Crippen LogP contribution in [0.15, 0.2) is 22.6 Å². The third-order valence-electron chi connectivity index (χ3n) is 1.19. The normalized spacial score (nSPS) is 10.3. The van der Waals surface area contributed by atoms with Crippen LogP contribution in [0.3, 0.4) is 0 Å². The molecule has 6 heteroatoms. The summed E-state index contributed by atoms with van der Waals surface area (Å²) in [6.07, 6.45) is 3.55. The first-order valence-corrected chi connectivity index (χ1v) is 3.64. The van der Waals surface area contributed by atoms with Crippen molar-refractivity contribution in [1.82, 2.24) is 0 Å². The van der Waals surface area contributed by atoms with Gasteiger partial charge in [-0.2, -0.15) is 4.99 Å². The van der Waals surface area contributed by atoms with Gasteiger partial charge < -0.3 is 4.74 Å². The second kappa shape index (κ2) is 7.61. The molecule has 0 aliphatic rings. The predicted octanol–water partition coefficient (Wildman–Crippen LogP) is -0.244. The maximum Gasteiger partial charge on any atom is 0.330 e. The fourth-order valence-corrected chi connectivity index (χ4v) is 0.585. The maximum absolute atomic E-state index is 10.6. The van der Waals surface area contributed by atoms with E-state index < -0.39 is 12.0 Å². The molecule has 0 amide bonds. The lowest BCUT2D eigenvalue weighted by atomic mass is 10.3. The minimum Gasteiger partial charge on any atom is -0.460 e. The lowest BCUT2D eigenvalue weighted by Crippen LogP contribution is -2.19. The number of carbonyl (C=O) groups is 1. The number of hydrogen-bond acceptors (Lipinski definition) is 6. The van der Waals surface area contributed by atoms with Crippen LogP contribution in [0.2, 0.25) is 0 Å². The average Bonchev–Trinajstić information content (AvgIpc) is 2.21. The van der Waals surface area contributed by atoms with E-state index in [1.165, 1.54) is 12.2 Å². The summed E-state index contributed by atoms with van der Waals surface area (Å²) in [5, 5.41) is 0. The van der Waals surface area contributed by atoms with Gasteiger partial charge in [0.25, 0.3) is 0 Å². The van der Waals surface area contributed by atoms with Crippen LogP contribution in [0.4, 0.5) is 0 Å². The molecule has 0 radical (unpaired) electrons. The summed E-state index contributed by atoms with van der Waals surface area (Å²) in [5.41, 5.74) is 0. The van der Waals surface area contributed by atoms with Crippen LogP contribution in [0.5, 0.6) is 0 Å².